The Morgan fingerprint density at radius 2 is 2.06 bits per heavy atom. The third-order valence-corrected chi connectivity index (χ3v) is 2.72. The molecule has 2 rings (SSSR count). The van der Waals surface area contributed by atoms with Crippen LogP contribution in [0.4, 0.5) is 5.69 Å². The summed E-state index contributed by atoms with van der Waals surface area (Å²) < 4.78 is 5.59. The van der Waals surface area contributed by atoms with Gasteiger partial charge in [0.2, 0.25) is 0 Å². The summed E-state index contributed by atoms with van der Waals surface area (Å²) >= 11 is 0. The average molecular weight is 319 g/mol. The first-order valence-corrected chi connectivity index (χ1v) is 5.47. The molecule has 1 aliphatic heterocycles. The van der Waals surface area contributed by atoms with E-state index in [1.54, 1.807) is 12.1 Å². The lowest BCUT2D eigenvalue weighted by molar-refractivity contribution is -0.384. The Morgan fingerprint density at radius 3 is 2.61 bits per heavy atom. The highest BCUT2D eigenvalue weighted by Gasteiger charge is 2.24. The molecule has 0 spiro atoms. The second-order valence-electron chi connectivity index (χ2n) is 3.97. The second-order valence-corrected chi connectivity index (χ2v) is 3.97. The molecule has 0 bridgehead atoms. The van der Waals surface area contributed by atoms with Gasteiger partial charge in [-0.3, -0.25) is 10.1 Å². The van der Waals surface area contributed by atoms with Gasteiger partial charge in [0, 0.05) is 18.7 Å². The highest BCUT2D eigenvalue weighted by Crippen LogP contribution is 2.20. The molecule has 1 aromatic rings. The first kappa shape index (κ1) is 14.9. The maximum atomic E-state index is 10.5. The van der Waals surface area contributed by atoms with Crippen LogP contribution in [0.3, 0.4) is 0 Å². The fourth-order valence-electron chi connectivity index (χ4n) is 1.78. The zero-order valence-electron chi connectivity index (χ0n) is 9.61. The molecule has 1 aliphatic rings. The molecule has 2 atom stereocenters. The van der Waals surface area contributed by atoms with Crippen LogP contribution >= 0.6 is 17.0 Å². The van der Waals surface area contributed by atoms with Crippen LogP contribution in [0, 0.1) is 10.1 Å². The molecule has 0 saturated carbocycles. The minimum atomic E-state index is -0.543. The largest absolute Gasteiger partial charge is 0.488 e. The fraction of sp³-hybridized carbons (Fsp3) is 0.455. The monoisotopic (exact) mass is 318 g/mol. The first-order chi connectivity index (χ1) is 8.16. The van der Waals surface area contributed by atoms with Gasteiger partial charge in [0.15, 0.2) is 0 Å². The molecule has 7 heteroatoms. The van der Waals surface area contributed by atoms with Gasteiger partial charge in [0.1, 0.15) is 18.0 Å². The van der Waals surface area contributed by atoms with Crippen LogP contribution < -0.4 is 10.1 Å². The van der Waals surface area contributed by atoms with Crippen molar-refractivity contribution >= 4 is 22.7 Å². The van der Waals surface area contributed by atoms with E-state index in [-0.39, 0.29) is 28.8 Å². The molecule has 0 radical (unpaired) electrons. The van der Waals surface area contributed by atoms with Crippen LogP contribution in [-0.4, -0.2) is 35.3 Å². The number of nitro groups is 1. The van der Waals surface area contributed by atoms with Crippen molar-refractivity contribution in [2.24, 2.45) is 0 Å². The third kappa shape index (κ3) is 3.66. The Kier molecular flexibility index (Phi) is 5.52. The van der Waals surface area contributed by atoms with E-state index < -0.39 is 11.0 Å². The Balaban J connectivity index is 0.00000162. The Labute approximate surface area is 115 Å². The summed E-state index contributed by atoms with van der Waals surface area (Å²) in [4.78, 5) is 10.0. The van der Waals surface area contributed by atoms with Crippen molar-refractivity contribution < 1.29 is 14.8 Å². The van der Waals surface area contributed by atoms with Crippen molar-refractivity contribution in [3.05, 3.63) is 34.4 Å². The number of hydrogen-bond acceptors (Lipinski definition) is 5. The normalized spacial score (nSPS) is 22.9. The van der Waals surface area contributed by atoms with Crippen LogP contribution in [0.2, 0.25) is 0 Å². The summed E-state index contributed by atoms with van der Waals surface area (Å²) in [6, 6.07) is 5.88. The quantitative estimate of drug-likeness (QED) is 0.647. The van der Waals surface area contributed by atoms with Gasteiger partial charge in [0.05, 0.1) is 4.92 Å². The fourth-order valence-corrected chi connectivity index (χ4v) is 1.78. The molecule has 18 heavy (non-hydrogen) atoms. The van der Waals surface area contributed by atoms with E-state index in [1.165, 1.54) is 12.1 Å². The molecule has 0 amide bonds. The van der Waals surface area contributed by atoms with E-state index in [2.05, 4.69) is 5.32 Å². The van der Waals surface area contributed by atoms with E-state index in [1.807, 2.05) is 0 Å². The standard InChI is InChI=1S/C11H14N2O4.BrH/c14-10-7-12-6-5-11(10)17-9-3-1-8(2-4-9)13(15)16;/h1-4,10-12,14H,5-7H2;1H/t10-,11-;/m1./s1. The molecule has 2 N–H and O–H groups in total. The zero-order valence-corrected chi connectivity index (χ0v) is 11.3. The lowest BCUT2D eigenvalue weighted by atomic mass is 10.1. The summed E-state index contributed by atoms with van der Waals surface area (Å²) in [7, 11) is 0. The molecule has 0 aromatic heterocycles. The Bertz CT molecular complexity index is 399. The number of piperidine rings is 1. The number of nitrogens with one attached hydrogen (secondary N) is 1. The van der Waals surface area contributed by atoms with Gasteiger partial charge >= 0.3 is 0 Å². The summed E-state index contributed by atoms with van der Waals surface area (Å²) in [6.07, 6.45) is -0.0744. The summed E-state index contributed by atoms with van der Waals surface area (Å²) in [6.45, 7) is 1.31. The number of aliphatic hydroxyl groups excluding tert-OH is 1. The van der Waals surface area contributed by atoms with Crippen LogP contribution in [0.5, 0.6) is 5.75 Å². The third-order valence-electron chi connectivity index (χ3n) is 2.72. The van der Waals surface area contributed by atoms with E-state index in [0.29, 0.717) is 12.3 Å². The predicted molar refractivity (Wildman–Crippen MR) is 71.3 cm³/mol. The molecule has 1 fully saturated rings. The summed E-state index contributed by atoms with van der Waals surface area (Å²) in [5.41, 5.74) is 0.0307. The van der Waals surface area contributed by atoms with Gasteiger partial charge in [-0.2, -0.15) is 0 Å². The number of rotatable bonds is 3. The van der Waals surface area contributed by atoms with Gasteiger partial charge < -0.3 is 15.2 Å². The molecule has 1 aromatic carbocycles. The molecule has 0 aliphatic carbocycles. The summed E-state index contributed by atoms with van der Waals surface area (Å²) in [5, 5.41) is 23.2. The van der Waals surface area contributed by atoms with E-state index in [0.717, 1.165) is 13.0 Å². The number of aliphatic hydroxyl groups is 1. The van der Waals surface area contributed by atoms with Gasteiger partial charge in [0.25, 0.3) is 5.69 Å². The van der Waals surface area contributed by atoms with Crippen molar-refractivity contribution in [1.82, 2.24) is 5.32 Å². The van der Waals surface area contributed by atoms with Gasteiger partial charge in [-0.15, -0.1) is 17.0 Å². The Hall–Kier alpha value is -1.18. The molecule has 100 valence electrons. The van der Waals surface area contributed by atoms with Crippen LogP contribution in [0.15, 0.2) is 24.3 Å². The molecular weight excluding hydrogens is 304 g/mol. The number of non-ortho nitro benzene ring substituents is 1. The average Bonchev–Trinajstić information content (AvgIpc) is 2.33. The van der Waals surface area contributed by atoms with Crippen molar-refractivity contribution in [3.8, 4) is 5.75 Å². The number of halogens is 1. The van der Waals surface area contributed by atoms with Crippen LogP contribution in [-0.2, 0) is 0 Å². The number of nitro benzene ring substituents is 1. The topological polar surface area (TPSA) is 84.6 Å². The molecular formula is C11H15BrN2O4. The minimum Gasteiger partial charge on any atom is -0.488 e. The minimum absolute atomic E-state index is 0. The number of β-amino-alcohol motifs (C(OH)–C–C–N with tert-alkyl or cyclic N) is 1. The molecule has 1 heterocycles. The van der Waals surface area contributed by atoms with E-state index in [4.69, 9.17) is 4.74 Å². The maximum Gasteiger partial charge on any atom is 0.269 e. The first-order valence-electron chi connectivity index (χ1n) is 5.47. The van der Waals surface area contributed by atoms with E-state index >= 15 is 0 Å². The van der Waals surface area contributed by atoms with Crippen molar-refractivity contribution in [2.75, 3.05) is 13.1 Å². The van der Waals surface area contributed by atoms with E-state index in [9.17, 15) is 15.2 Å². The smallest absolute Gasteiger partial charge is 0.269 e. The lowest BCUT2D eigenvalue weighted by Gasteiger charge is -2.28. The van der Waals surface area contributed by atoms with Crippen LogP contribution in [0.25, 0.3) is 0 Å². The molecule has 0 unspecified atom stereocenters. The maximum absolute atomic E-state index is 10.5. The number of ether oxygens (including phenoxy) is 1. The summed E-state index contributed by atoms with van der Waals surface area (Å²) in [5.74, 6) is 0.543. The zero-order chi connectivity index (χ0) is 12.3. The number of nitrogens with zero attached hydrogens (tertiary/aromatic N) is 1. The second kappa shape index (κ2) is 6.67. The van der Waals surface area contributed by atoms with Gasteiger partial charge in [-0.1, -0.05) is 0 Å². The van der Waals surface area contributed by atoms with Crippen molar-refractivity contribution in [2.45, 2.75) is 18.6 Å². The van der Waals surface area contributed by atoms with Crippen molar-refractivity contribution in [1.29, 1.82) is 0 Å². The van der Waals surface area contributed by atoms with Gasteiger partial charge in [-0.25, -0.2) is 0 Å². The SMILES string of the molecule is Br.O=[N+]([O-])c1ccc(O[C@@H]2CCNC[C@H]2O)cc1. The lowest BCUT2D eigenvalue weighted by Crippen LogP contribution is -2.46. The molecule has 6 nitrogen and oxygen atoms in total. The van der Waals surface area contributed by atoms with Crippen molar-refractivity contribution in [3.63, 3.8) is 0 Å². The molecule has 1 saturated heterocycles. The van der Waals surface area contributed by atoms with Crippen LogP contribution in [0.1, 0.15) is 6.42 Å². The highest BCUT2D eigenvalue weighted by molar-refractivity contribution is 8.93. The number of hydrogen-bond donors (Lipinski definition) is 2. The Morgan fingerprint density at radius 1 is 1.39 bits per heavy atom. The highest BCUT2D eigenvalue weighted by atomic mass is 79.9. The van der Waals surface area contributed by atoms with Gasteiger partial charge in [-0.05, 0) is 25.1 Å². The predicted octanol–water partition coefficient (Wildman–Crippen LogP) is 1.27. The number of benzene rings is 1.